The summed E-state index contributed by atoms with van der Waals surface area (Å²) in [5.74, 6) is 5.66. The van der Waals surface area contributed by atoms with Crippen molar-refractivity contribution < 1.29 is 43.5 Å². The lowest BCUT2D eigenvalue weighted by atomic mass is 10.1. The average Bonchev–Trinajstić information content (AvgIpc) is 3.24. The minimum atomic E-state index is -0.965. The van der Waals surface area contributed by atoms with Gasteiger partial charge in [-0.1, -0.05) is 90.0 Å². The minimum Gasteiger partial charge on any atom is -0.466 e. The van der Waals surface area contributed by atoms with Crippen molar-refractivity contribution in [2.45, 2.75) is 207 Å². The van der Waals surface area contributed by atoms with Crippen LogP contribution in [-0.2, 0) is 33.3 Å². The van der Waals surface area contributed by atoms with Crippen molar-refractivity contribution in [2.24, 2.45) is 0 Å². The fourth-order valence-corrected chi connectivity index (χ4v) is 6.27. The summed E-state index contributed by atoms with van der Waals surface area (Å²) in [5, 5.41) is 19.3. The van der Waals surface area contributed by atoms with Crippen LogP contribution in [0.5, 0.6) is 0 Å². The predicted octanol–water partition coefficient (Wildman–Crippen LogP) is 10.8. The van der Waals surface area contributed by atoms with Crippen molar-refractivity contribution in [3.63, 3.8) is 0 Å². The van der Waals surface area contributed by atoms with Gasteiger partial charge in [-0.3, -0.25) is 9.59 Å². The van der Waals surface area contributed by atoms with Crippen LogP contribution in [0.2, 0.25) is 0 Å². The number of carbonyl (C=O) groups excluding carboxylic acids is 2. The van der Waals surface area contributed by atoms with Gasteiger partial charge in [0.05, 0.1) is 32.7 Å². The first-order valence-electron chi connectivity index (χ1n) is 23.9. The molecule has 10 heteroatoms. The number of ether oxygens (including phenoxy) is 5. The normalized spacial score (nSPS) is 12.2. The van der Waals surface area contributed by atoms with E-state index in [1.165, 1.54) is 0 Å². The summed E-state index contributed by atoms with van der Waals surface area (Å²) >= 11 is 0. The van der Waals surface area contributed by atoms with Crippen LogP contribution in [-0.4, -0.2) is 98.9 Å². The van der Waals surface area contributed by atoms with Gasteiger partial charge in [-0.05, 0) is 103 Å². The highest BCUT2D eigenvalue weighted by atomic mass is 16.7. The van der Waals surface area contributed by atoms with Gasteiger partial charge in [-0.25, -0.2) is 0 Å². The quantitative estimate of drug-likeness (QED) is 0.0202. The van der Waals surface area contributed by atoms with Crippen molar-refractivity contribution >= 4 is 11.9 Å². The third-order valence-corrected chi connectivity index (χ3v) is 9.84. The maximum Gasteiger partial charge on any atom is 0.305 e. The molecule has 0 radical (unpaired) electrons. The van der Waals surface area contributed by atoms with Gasteiger partial charge in [-0.15, -0.1) is 11.8 Å². The summed E-state index contributed by atoms with van der Waals surface area (Å²) in [6.07, 6.45) is 32.2. The Hall–Kier alpha value is -2.26. The van der Waals surface area contributed by atoms with Crippen molar-refractivity contribution in [2.75, 3.05) is 59.3 Å². The molecule has 0 bridgehead atoms. The van der Waals surface area contributed by atoms with E-state index in [0.29, 0.717) is 52.3 Å². The number of nitrogens with zero attached hydrogens (tertiary/aromatic N) is 1. The Morgan fingerprint density at radius 2 is 1.03 bits per heavy atom. The van der Waals surface area contributed by atoms with Gasteiger partial charge in [-0.2, -0.15) is 0 Å². The third-order valence-electron chi connectivity index (χ3n) is 9.84. The maximum atomic E-state index is 12.5. The number of hydrogen-bond donors (Lipinski definition) is 2. The van der Waals surface area contributed by atoms with E-state index in [1.54, 1.807) is 0 Å². The Balaban J connectivity index is 4.04. The van der Waals surface area contributed by atoms with Gasteiger partial charge in [0.2, 0.25) is 0 Å². The van der Waals surface area contributed by atoms with Crippen LogP contribution in [0, 0.1) is 11.8 Å². The fourth-order valence-electron chi connectivity index (χ4n) is 6.27. The number of carbonyl (C=O) groups is 2. The maximum absolute atomic E-state index is 12.5. The van der Waals surface area contributed by atoms with Gasteiger partial charge >= 0.3 is 11.9 Å². The number of allylic oxidation sites excluding steroid dienone is 4. The van der Waals surface area contributed by atoms with E-state index in [0.717, 1.165) is 161 Å². The van der Waals surface area contributed by atoms with Crippen molar-refractivity contribution in [1.29, 1.82) is 0 Å². The first-order chi connectivity index (χ1) is 29.0. The molecule has 0 amide bonds. The number of hydrogen-bond acceptors (Lipinski definition) is 10. The molecule has 59 heavy (non-hydrogen) atoms. The summed E-state index contributed by atoms with van der Waals surface area (Å²) in [6.45, 7) is 12.1. The highest BCUT2D eigenvalue weighted by Gasteiger charge is 2.14. The molecular weight excluding hydrogens is 747 g/mol. The zero-order valence-corrected chi connectivity index (χ0v) is 38.1. The molecule has 10 nitrogen and oxygen atoms in total. The molecule has 0 rings (SSSR count). The first-order valence-corrected chi connectivity index (χ1v) is 23.9. The number of aliphatic hydroxyl groups is 2. The van der Waals surface area contributed by atoms with E-state index in [-0.39, 0.29) is 37.7 Å². The second kappa shape index (κ2) is 46.8. The predicted molar refractivity (Wildman–Crippen MR) is 241 cm³/mol. The first kappa shape index (κ1) is 56.7. The summed E-state index contributed by atoms with van der Waals surface area (Å²) in [4.78, 5) is 27.0. The van der Waals surface area contributed by atoms with Crippen LogP contribution in [0.4, 0.5) is 0 Å². The van der Waals surface area contributed by atoms with Crippen LogP contribution in [0.25, 0.3) is 0 Å². The molecular formula is C49H89NO9. The molecule has 0 heterocycles. The fraction of sp³-hybridized carbons (Fsp3) is 0.837. The van der Waals surface area contributed by atoms with Crippen LogP contribution in [0.15, 0.2) is 24.3 Å². The Morgan fingerprint density at radius 3 is 1.58 bits per heavy atom. The second-order valence-corrected chi connectivity index (χ2v) is 15.4. The van der Waals surface area contributed by atoms with Gasteiger partial charge in [0, 0.05) is 52.0 Å². The van der Waals surface area contributed by atoms with Crippen LogP contribution in [0.1, 0.15) is 194 Å². The highest BCUT2D eigenvalue weighted by Crippen LogP contribution is 2.12. The molecule has 0 aliphatic rings. The molecule has 1 atom stereocenters. The van der Waals surface area contributed by atoms with Gasteiger partial charge in [0.25, 0.3) is 0 Å². The summed E-state index contributed by atoms with van der Waals surface area (Å²) < 4.78 is 28.3. The van der Waals surface area contributed by atoms with E-state index in [9.17, 15) is 19.8 Å². The molecule has 0 aliphatic heterocycles. The summed E-state index contributed by atoms with van der Waals surface area (Å²) in [6, 6.07) is 0. The standard InChI is InChI=1S/C49H89NO9/c1-4-7-10-13-20-27-41-55-46(52)33-34-47(53)56-42-28-23-16-18-25-37-50(39-32-40-51)38-26-19-17-24-29-43-57-48(54)35-36-49(58-44-30-21-14-11-8-5-2)59-45-31-22-15-12-9-6-3/h8-9,11-12,46,49,51-52H,4-7,10,14-19,21-45H2,1-3H3/b11-8-,12-9-. The Kier molecular flexibility index (Phi) is 45.0. The SMILES string of the molecule is CC/C=C\CCCCOC(CCC(=O)OCCCCCCCN(CCCO)CCCCCCCOC(=O)CCC(O)OCCC#CCCCC)OCCCC/C=C\CC. The largest absolute Gasteiger partial charge is 0.466 e. The van der Waals surface area contributed by atoms with Gasteiger partial charge in [0.15, 0.2) is 12.6 Å². The average molecular weight is 836 g/mol. The van der Waals surface area contributed by atoms with Crippen LogP contribution < -0.4 is 0 Å². The molecule has 2 N–H and O–H groups in total. The number of rotatable bonds is 44. The molecule has 0 aliphatic carbocycles. The monoisotopic (exact) mass is 836 g/mol. The molecule has 0 saturated heterocycles. The Morgan fingerprint density at radius 1 is 0.542 bits per heavy atom. The summed E-state index contributed by atoms with van der Waals surface area (Å²) in [7, 11) is 0. The number of unbranched alkanes of at least 4 members (excludes halogenated alkanes) is 14. The summed E-state index contributed by atoms with van der Waals surface area (Å²) in [5.41, 5.74) is 0. The minimum absolute atomic E-state index is 0.145. The van der Waals surface area contributed by atoms with E-state index in [1.807, 2.05) is 0 Å². The number of aliphatic hydroxyl groups excluding tert-OH is 2. The zero-order valence-electron chi connectivity index (χ0n) is 38.1. The molecule has 0 aromatic heterocycles. The molecule has 0 aromatic rings. The molecule has 0 fully saturated rings. The zero-order chi connectivity index (χ0) is 43.1. The smallest absolute Gasteiger partial charge is 0.305 e. The van der Waals surface area contributed by atoms with E-state index < -0.39 is 6.29 Å². The van der Waals surface area contributed by atoms with Gasteiger partial charge < -0.3 is 38.8 Å². The lowest BCUT2D eigenvalue weighted by molar-refractivity contribution is -0.159. The molecule has 0 saturated carbocycles. The Bertz CT molecular complexity index is 1020. The molecule has 0 aromatic carbocycles. The van der Waals surface area contributed by atoms with Crippen molar-refractivity contribution in [3.8, 4) is 11.8 Å². The van der Waals surface area contributed by atoms with Crippen molar-refractivity contribution in [1.82, 2.24) is 4.90 Å². The lowest BCUT2D eigenvalue weighted by Crippen LogP contribution is -2.27. The Labute approximate surface area is 361 Å². The second-order valence-electron chi connectivity index (χ2n) is 15.4. The molecule has 344 valence electrons. The topological polar surface area (TPSA) is 124 Å². The van der Waals surface area contributed by atoms with E-state index in [2.05, 4.69) is 61.8 Å². The highest BCUT2D eigenvalue weighted by molar-refractivity contribution is 5.69. The number of esters is 2. The van der Waals surface area contributed by atoms with E-state index >= 15 is 0 Å². The van der Waals surface area contributed by atoms with Crippen molar-refractivity contribution in [3.05, 3.63) is 24.3 Å². The van der Waals surface area contributed by atoms with Crippen LogP contribution >= 0.6 is 0 Å². The molecule has 0 spiro atoms. The van der Waals surface area contributed by atoms with E-state index in [4.69, 9.17) is 23.7 Å². The lowest BCUT2D eigenvalue weighted by Gasteiger charge is -2.22. The molecule has 1 unspecified atom stereocenters. The third kappa shape index (κ3) is 43.6. The van der Waals surface area contributed by atoms with Gasteiger partial charge in [0.1, 0.15) is 0 Å². The van der Waals surface area contributed by atoms with Crippen LogP contribution in [0.3, 0.4) is 0 Å².